The molecule has 1 aliphatic heterocycles. The molecule has 6 nitrogen and oxygen atoms in total. The van der Waals surface area contributed by atoms with Gasteiger partial charge in [0.05, 0.1) is 20.8 Å². The third-order valence-corrected chi connectivity index (χ3v) is 3.94. The molecule has 0 aliphatic carbocycles. The minimum absolute atomic E-state index is 0.206. The molecule has 1 fully saturated rings. The van der Waals surface area contributed by atoms with Crippen LogP contribution in [0.25, 0.3) is 0 Å². The Morgan fingerprint density at radius 2 is 1.91 bits per heavy atom. The van der Waals surface area contributed by atoms with E-state index in [1.165, 1.54) is 12.1 Å². The lowest BCUT2D eigenvalue weighted by atomic mass is 10.2. The van der Waals surface area contributed by atoms with Crippen LogP contribution in [0.3, 0.4) is 0 Å². The average molecular weight is 366 g/mol. The fourth-order valence-electron chi connectivity index (χ4n) is 1.83. The zero-order valence-corrected chi connectivity index (χ0v) is 13.4. The summed E-state index contributed by atoms with van der Waals surface area (Å²) in [5, 5.41) is 5.60. The Balaban J connectivity index is 1.87. The van der Waals surface area contributed by atoms with Gasteiger partial charge in [-0.05, 0) is 18.6 Å². The third-order valence-electron chi connectivity index (χ3n) is 2.91. The van der Waals surface area contributed by atoms with E-state index in [0.717, 1.165) is 0 Å². The van der Waals surface area contributed by atoms with Crippen molar-refractivity contribution in [3.05, 3.63) is 27.2 Å². The van der Waals surface area contributed by atoms with Crippen molar-refractivity contribution in [2.24, 2.45) is 0 Å². The van der Waals surface area contributed by atoms with Crippen molar-refractivity contribution in [1.82, 2.24) is 5.32 Å². The van der Waals surface area contributed by atoms with E-state index in [0.29, 0.717) is 6.42 Å². The van der Waals surface area contributed by atoms with E-state index >= 15 is 0 Å². The van der Waals surface area contributed by atoms with E-state index in [-0.39, 0.29) is 33.1 Å². The highest BCUT2D eigenvalue weighted by molar-refractivity contribution is 6.44. The highest BCUT2D eigenvalue weighted by Gasteiger charge is 2.28. The monoisotopic (exact) mass is 364 g/mol. The molecule has 0 bridgehead atoms. The molecule has 0 saturated carbocycles. The summed E-state index contributed by atoms with van der Waals surface area (Å²) in [6, 6.07) is 2.08. The second-order valence-corrected chi connectivity index (χ2v) is 5.78. The van der Waals surface area contributed by atoms with E-state index in [1.807, 2.05) is 0 Å². The van der Waals surface area contributed by atoms with Crippen molar-refractivity contribution < 1.29 is 19.1 Å². The first-order valence-corrected chi connectivity index (χ1v) is 7.40. The number of amides is 2. The number of halogens is 3. The molecule has 0 unspecified atom stereocenters. The Morgan fingerprint density at radius 1 is 1.23 bits per heavy atom. The van der Waals surface area contributed by atoms with Crippen molar-refractivity contribution in [1.29, 1.82) is 0 Å². The highest BCUT2D eigenvalue weighted by atomic mass is 35.5. The molecule has 2 rings (SSSR count). The van der Waals surface area contributed by atoms with Crippen LogP contribution in [-0.2, 0) is 19.1 Å². The molecule has 118 valence electrons. The van der Waals surface area contributed by atoms with Gasteiger partial charge >= 0.3 is 5.97 Å². The van der Waals surface area contributed by atoms with Crippen LogP contribution in [-0.4, -0.2) is 30.4 Å². The fourth-order valence-corrected chi connectivity index (χ4v) is 2.43. The van der Waals surface area contributed by atoms with Crippen LogP contribution in [0.2, 0.25) is 15.1 Å². The van der Waals surface area contributed by atoms with Crippen LogP contribution >= 0.6 is 34.8 Å². The summed E-state index contributed by atoms with van der Waals surface area (Å²) < 4.78 is 4.83. The maximum Gasteiger partial charge on any atom is 0.329 e. The van der Waals surface area contributed by atoms with E-state index in [2.05, 4.69) is 10.6 Å². The minimum atomic E-state index is -0.700. The van der Waals surface area contributed by atoms with Crippen LogP contribution < -0.4 is 10.6 Å². The summed E-state index contributed by atoms with van der Waals surface area (Å²) >= 11 is 17.5. The quantitative estimate of drug-likeness (QED) is 0.634. The van der Waals surface area contributed by atoms with Gasteiger partial charge in [-0.15, -0.1) is 0 Å². The Bertz CT molecular complexity index is 636. The molecule has 2 N–H and O–H groups in total. The molecule has 22 heavy (non-hydrogen) atoms. The Morgan fingerprint density at radius 3 is 2.55 bits per heavy atom. The van der Waals surface area contributed by atoms with Crippen LogP contribution in [0.15, 0.2) is 12.1 Å². The number of benzene rings is 1. The van der Waals surface area contributed by atoms with Gasteiger partial charge in [0.1, 0.15) is 6.04 Å². The summed E-state index contributed by atoms with van der Waals surface area (Å²) in [5.74, 6) is -1.45. The van der Waals surface area contributed by atoms with Gasteiger partial charge in [-0.1, -0.05) is 34.8 Å². The molecule has 1 aromatic carbocycles. The van der Waals surface area contributed by atoms with Gasteiger partial charge in [-0.3, -0.25) is 9.59 Å². The number of carbonyl (C=O) groups excluding carboxylic acids is 3. The molecule has 1 aliphatic rings. The number of anilines is 1. The van der Waals surface area contributed by atoms with Crippen molar-refractivity contribution in [3.63, 3.8) is 0 Å². The van der Waals surface area contributed by atoms with Gasteiger partial charge in [0.15, 0.2) is 6.61 Å². The second kappa shape index (κ2) is 7.17. The number of esters is 1. The lowest BCUT2D eigenvalue weighted by Crippen LogP contribution is -2.36. The highest BCUT2D eigenvalue weighted by Crippen LogP contribution is 2.32. The first kappa shape index (κ1) is 16.9. The van der Waals surface area contributed by atoms with Gasteiger partial charge in [-0.25, -0.2) is 4.79 Å². The summed E-state index contributed by atoms with van der Waals surface area (Å²) in [7, 11) is 0. The number of rotatable bonds is 4. The molecular formula is C13H11Cl3N2O4. The smallest absolute Gasteiger partial charge is 0.329 e. The number of hydrogen-bond acceptors (Lipinski definition) is 4. The predicted molar refractivity (Wildman–Crippen MR) is 82.2 cm³/mol. The van der Waals surface area contributed by atoms with Crippen LogP contribution in [0, 0.1) is 0 Å². The first-order valence-electron chi connectivity index (χ1n) is 6.27. The first-order chi connectivity index (χ1) is 10.4. The Labute approximate surface area is 141 Å². The van der Waals surface area contributed by atoms with Gasteiger partial charge in [0.2, 0.25) is 5.91 Å². The molecular weight excluding hydrogens is 355 g/mol. The summed E-state index contributed by atoms with van der Waals surface area (Å²) in [6.45, 7) is -0.498. The van der Waals surface area contributed by atoms with Gasteiger partial charge in [0.25, 0.3) is 5.91 Å². The summed E-state index contributed by atoms with van der Waals surface area (Å²) in [6.07, 6.45) is 0.628. The van der Waals surface area contributed by atoms with E-state index in [1.54, 1.807) is 0 Å². The second-order valence-electron chi connectivity index (χ2n) is 4.56. The molecule has 0 spiro atoms. The lowest BCUT2D eigenvalue weighted by molar-refractivity contribution is -0.149. The SMILES string of the molecule is O=C(COC(=O)[C@@H]1CCC(=O)N1)Nc1cc(Cl)c(Cl)cc1Cl. The van der Waals surface area contributed by atoms with Crippen LogP contribution in [0.5, 0.6) is 0 Å². The van der Waals surface area contributed by atoms with Gasteiger partial charge < -0.3 is 15.4 Å². The summed E-state index contributed by atoms with van der Waals surface area (Å²) in [4.78, 5) is 34.4. The third kappa shape index (κ3) is 4.25. The molecule has 2 amide bonds. The topological polar surface area (TPSA) is 84.5 Å². The predicted octanol–water partition coefficient (Wildman–Crippen LogP) is 2.41. The van der Waals surface area contributed by atoms with Crippen molar-refractivity contribution in [2.45, 2.75) is 18.9 Å². The lowest BCUT2D eigenvalue weighted by Gasteiger charge is -2.11. The normalized spacial score (nSPS) is 17.0. The van der Waals surface area contributed by atoms with Crippen molar-refractivity contribution in [3.8, 4) is 0 Å². The number of hydrogen-bond donors (Lipinski definition) is 2. The van der Waals surface area contributed by atoms with Gasteiger partial charge in [0, 0.05) is 6.42 Å². The molecule has 1 heterocycles. The van der Waals surface area contributed by atoms with E-state index < -0.39 is 24.5 Å². The maximum atomic E-state index is 11.7. The molecule has 1 saturated heterocycles. The largest absolute Gasteiger partial charge is 0.454 e. The average Bonchev–Trinajstić information content (AvgIpc) is 2.89. The molecule has 9 heteroatoms. The van der Waals surface area contributed by atoms with Gasteiger partial charge in [-0.2, -0.15) is 0 Å². The summed E-state index contributed by atoms with van der Waals surface area (Å²) in [5.41, 5.74) is 0.256. The fraction of sp³-hybridized carbons (Fsp3) is 0.308. The maximum absolute atomic E-state index is 11.7. The Hall–Kier alpha value is -1.50. The minimum Gasteiger partial charge on any atom is -0.454 e. The molecule has 1 aromatic rings. The van der Waals surface area contributed by atoms with Crippen LogP contribution in [0.1, 0.15) is 12.8 Å². The van der Waals surface area contributed by atoms with E-state index in [9.17, 15) is 14.4 Å². The van der Waals surface area contributed by atoms with Crippen molar-refractivity contribution in [2.75, 3.05) is 11.9 Å². The van der Waals surface area contributed by atoms with Crippen molar-refractivity contribution >= 4 is 58.3 Å². The zero-order chi connectivity index (χ0) is 16.3. The Kier molecular flexibility index (Phi) is 5.50. The number of ether oxygens (including phenoxy) is 1. The van der Waals surface area contributed by atoms with Crippen LogP contribution in [0.4, 0.5) is 5.69 Å². The number of carbonyl (C=O) groups is 3. The standard InChI is InChI=1S/C13H11Cl3N2O4/c14-6-3-8(16)10(4-7(6)15)18-12(20)5-22-13(21)9-1-2-11(19)17-9/h3-4,9H,1-2,5H2,(H,17,19)(H,18,20)/t9-/m0/s1. The molecule has 0 aromatic heterocycles. The zero-order valence-electron chi connectivity index (χ0n) is 11.1. The molecule has 0 radical (unpaired) electrons. The van der Waals surface area contributed by atoms with E-state index in [4.69, 9.17) is 39.5 Å². The molecule has 1 atom stereocenters. The number of nitrogens with one attached hydrogen (secondary N) is 2.